The number of aromatic nitrogens is 1. The van der Waals surface area contributed by atoms with E-state index in [9.17, 15) is 67.7 Å². The normalized spacial score (nSPS) is 13.3. The van der Waals surface area contributed by atoms with Crippen LogP contribution in [0.25, 0.3) is 21.8 Å². The van der Waals surface area contributed by atoms with Crippen LogP contribution < -0.4 is 109 Å². The highest BCUT2D eigenvalue weighted by molar-refractivity contribution is 6.11. The van der Waals surface area contributed by atoms with E-state index in [-0.39, 0.29) is 128 Å². The average molecular weight is 1650 g/mol. The van der Waals surface area contributed by atoms with Crippen LogP contribution in [-0.4, -0.2) is 250 Å². The molecule has 4 rings (SSSR count). The Labute approximate surface area is 689 Å². The fraction of sp³-hybridized carbons (Fsp3) is 0.582. The van der Waals surface area contributed by atoms with Gasteiger partial charge in [0.2, 0.25) is 59.1 Å². The largest absolute Gasteiger partial charge is 0.480 e. The molecule has 3 aromatic carbocycles. The number of guanidine groups is 2. The van der Waals surface area contributed by atoms with Gasteiger partial charge in [0.15, 0.2) is 11.9 Å². The van der Waals surface area contributed by atoms with Crippen LogP contribution in [0, 0.1) is 11.8 Å². The quantitative estimate of drug-likeness (QED) is 0.0117. The topological polar surface area (TPSA) is 633 Å². The Hall–Kier alpha value is -11.1. The lowest BCUT2D eigenvalue weighted by Gasteiger charge is -2.27. The molecule has 0 aliphatic rings. The number of amides is 10. The summed E-state index contributed by atoms with van der Waals surface area (Å²) in [7, 11) is 7.10. The molecule has 0 bridgehead atoms. The number of nitrogens with two attached hydrogens (primary N) is 8. The molecule has 0 saturated carbocycles. The lowest BCUT2D eigenvalue weighted by atomic mass is 10.0. The minimum atomic E-state index is -1.25. The summed E-state index contributed by atoms with van der Waals surface area (Å²) in [5, 5.41) is 51.9. The van der Waals surface area contributed by atoms with Gasteiger partial charge >= 0.3 is 11.9 Å². The molecule has 0 radical (unpaired) electrons. The van der Waals surface area contributed by atoms with Crippen molar-refractivity contribution in [3.05, 3.63) is 60.7 Å². The number of benzene rings is 3. The number of nitrogens with zero attached hydrogens (tertiary/aromatic N) is 6. The highest BCUT2D eigenvalue weighted by Crippen LogP contribution is 2.36. The van der Waals surface area contributed by atoms with E-state index in [2.05, 4.69) is 68.5 Å². The minimum absolute atomic E-state index is 0.0345. The van der Waals surface area contributed by atoms with Gasteiger partial charge in [0.1, 0.15) is 48.3 Å². The molecule has 0 spiro atoms. The lowest BCUT2D eigenvalue weighted by molar-refractivity contribution is -0.144. The van der Waals surface area contributed by atoms with Crippen LogP contribution in [0.4, 0.5) is 28.4 Å². The highest BCUT2D eigenvalue weighted by Gasteiger charge is 2.35. The van der Waals surface area contributed by atoms with Gasteiger partial charge in [-0.3, -0.25) is 67.7 Å². The third-order valence-electron chi connectivity index (χ3n) is 19.2. The second-order valence-corrected chi connectivity index (χ2v) is 30.2. The summed E-state index contributed by atoms with van der Waals surface area (Å²) < 4.78 is 0. The van der Waals surface area contributed by atoms with Gasteiger partial charge in [-0.15, -0.1) is 0 Å². The second-order valence-electron chi connectivity index (χ2n) is 30.2. The van der Waals surface area contributed by atoms with Crippen molar-refractivity contribution in [3.8, 4) is 0 Å². The first-order valence-electron chi connectivity index (χ1n) is 40.2. The Bertz CT molecular complexity index is 3790. The van der Waals surface area contributed by atoms with E-state index >= 15 is 0 Å². The zero-order chi connectivity index (χ0) is 87.6. The standard InChI is InChI=1S/C79H129N25O14/c1-47(2)67(76(115)116)100-74(113)59(21-11-15-37-82)98-72(111)57(19-9-13-35-80)96-70(109)55(23-17-39-88-78(84)85)94-65(107)45-103(7)41-33-63(105)90-50-27-31-53-61(43-50)93-62-44-51(28-32-54(62)69(53)92-49-25-29-52(30-26-49)102(5)6)91-64(106)34-42-104(8)46-66(108)95-56(24-18-40-89-79(86)87)71(110)97-58(20-10-14-36-81)73(112)99-60(22-12-16-38-83)75(114)101-68(48(3)4)77(117)118/h25-32,43-44,47-48,55-60,67-68H,9-24,33-42,45-46,80-83H2,1-8H3,(H,90,105)(H,91,106)(H,92,93)(H,94,107)(H,95,108)(H,96,109)(H,97,110)(H,98,111)(H,99,112)(H,100,113)(H,101,114)(H,115,116)(H,117,118)(H4,84,85,88)(H4,86,87,89)/t55-,56-,57-,58-,59-,60-,67-,68-/m0/s1. The van der Waals surface area contributed by atoms with Crippen LogP contribution in [-0.2, 0) is 57.5 Å². The van der Waals surface area contributed by atoms with Crippen molar-refractivity contribution in [2.45, 2.75) is 192 Å². The van der Waals surface area contributed by atoms with E-state index in [1.165, 1.54) is 0 Å². The van der Waals surface area contributed by atoms with Crippen molar-refractivity contribution in [1.29, 1.82) is 0 Å². The van der Waals surface area contributed by atoms with Crippen molar-refractivity contribution in [2.24, 2.45) is 67.7 Å². The number of anilines is 5. The molecule has 29 N–H and O–H groups in total. The van der Waals surface area contributed by atoms with E-state index in [1.54, 1.807) is 75.9 Å². The molecule has 1 aromatic heterocycles. The van der Waals surface area contributed by atoms with Gasteiger partial charge < -0.3 is 119 Å². The minimum Gasteiger partial charge on any atom is -0.480 e. The third kappa shape index (κ3) is 36.2. The van der Waals surface area contributed by atoms with Crippen LogP contribution >= 0.6 is 0 Å². The summed E-state index contributed by atoms with van der Waals surface area (Å²) in [5.74, 6) is -10.1. The summed E-state index contributed by atoms with van der Waals surface area (Å²) in [6.45, 7) is 7.59. The van der Waals surface area contributed by atoms with Gasteiger partial charge in [0.05, 0.1) is 29.8 Å². The molecule has 39 nitrogen and oxygen atoms in total. The number of unbranched alkanes of at least 4 members (excludes halogenated alkanes) is 4. The molecule has 8 atom stereocenters. The Morgan fingerprint density at radius 3 is 1.00 bits per heavy atom. The summed E-state index contributed by atoms with van der Waals surface area (Å²) >= 11 is 0. The number of aliphatic carboxylic acids is 2. The molecule has 118 heavy (non-hydrogen) atoms. The SMILES string of the molecule is CC(C)[C@H](NC(=O)[C@H](CCCCN)NC(=O)[C@H](CCCCN)NC(=O)[C@H](CCCN=C(N)N)NC(=O)CN(C)CCC(=O)Nc1ccc2c(Nc3ccc(N(C)C)cc3)c3ccc(NC(=O)CCN(C)CC(=O)N[C@@H](CCCN=C(N)N)C(=O)N[C@@H](CCCCN)C(=O)N[C@@H](CCCCN)C(=O)N[C@H](C(=O)O)C(C)C)cc3nc2c1)C(=O)O. The fourth-order valence-corrected chi connectivity index (χ4v) is 12.6. The van der Waals surface area contributed by atoms with Crippen LogP contribution in [0.2, 0.25) is 0 Å². The molecule has 0 unspecified atom stereocenters. The number of nitrogens with one attached hydrogen (secondary N) is 11. The third-order valence-corrected chi connectivity index (χ3v) is 19.2. The van der Waals surface area contributed by atoms with E-state index in [0.29, 0.717) is 103 Å². The van der Waals surface area contributed by atoms with Gasteiger partial charge in [-0.05, 0) is 216 Å². The van der Waals surface area contributed by atoms with Crippen molar-refractivity contribution < 1.29 is 67.7 Å². The van der Waals surface area contributed by atoms with Gasteiger partial charge in [0.25, 0.3) is 0 Å². The van der Waals surface area contributed by atoms with Gasteiger partial charge in [-0.25, -0.2) is 14.6 Å². The van der Waals surface area contributed by atoms with E-state index < -0.39 is 131 Å². The number of rotatable bonds is 57. The average Bonchev–Trinajstić information content (AvgIpc) is 0.761. The van der Waals surface area contributed by atoms with Crippen molar-refractivity contribution in [2.75, 3.05) is 114 Å². The number of fused-ring (bicyclic) bond motifs is 2. The lowest BCUT2D eigenvalue weighted by Crippen LogP contribution is -2.58. The smallest absolute Gasteiger partial charge is 0.326 e. The zero-order valence-electron chi connectivity index (χ0n) is 69.4. The maximum atomic E-state index is 14.2. The molecule has 39 heteroatoms. The number of hydrogen-bond donors (Lipinski definition) is 21. The maximum absolute atomic E-state index is 14.2. The van der Waals surface area contributed by atoms with Crippen molar-refractivity contribution in [1.82, 2.24) is 57.3 Å². The van der Waals surface area contributed by atoms with Crippen molar-refractivity contribution in [3.63, 3.8) is 0 Å². The first-order chi connectivity index (χ1) is 56.1. The first-order valence-corrected chi connectivity index (χ1v) is 40.2. The fourth-order valence-electron chi connectivity index (χ4n) is 12.6. The molecule has 0 aliphatic heterocycles. The first kappa shape index (κ1) is 99.2. The molecule has 1 heterocycles. The van der Waals surface area contributed by atoms with Gasteiger partial charge in [-0.2, -0.15) is 0 Å². The number of carboxylic acids is 2. The summed E-state index contributed by atoms with van der Waals surface area (Å²) in [6, 6.07) is 8.65. The Morgan fingerprint density at radius 2 is 0.703 bits per heavy atom. The van der Waals surface area contributed by atoms with E-state index in [4.69, 9.17) is 50.9 Å². The zero-order valence-corrected chi connectivity index (χ0v) is 69.4. The van der Waals surface area contributed by atoms with E-state index in [0.717, 1.165) is 11.4 Å². The molecule has 0 fully saturated rings. The summed E-state index contributed by atoms with van der Waals surface area (Å²) in [6.07, 6.45) is 4.50. The maximum Gasteiger partial charge on any atom is 0.326 e. The highest BCUT2D eigenvalue weighted by atomic mass is 16.4. The number of carbonyl (C=O) groups is 12. The number of aliphatic imine (C=N–C) groups is 2. The number of pyridine rings is 1. The predicted molar refractivity (Wildman–Crippen MR) is 457 cm³/mol. The van der Waals surface area contributed by atoms with Gasteiger partial charge in [0, 0.05) is 86.6 Å². The van der Waals surface area contributed by atoms with Crippen LogP contribution in [0.5, 0.6) is 0 Å². The Balaban J connectivity index is 1.51. The summed E-state index contributed by atoms with van der Waals surface area (Å²) in [5.41, 5.74) is 49.4. The van der Waals surface area contributed by atoms with Crippen LogP contribution in [0.3, 0.4) is 0 Å². The predicted octanol–water partition coefficient (Wildman–Crippen LogP) is -0.299. The molecule has 654 valence electrons. The molecule has 4 aromatic rings. The number of likely N-dealkylation sites (N-methyl/N-ethyl adjacent to an activating group) is 2. The molecule has 0 aliphatic carbocycles. The summed E-state index contributed by atoms with van der Waals surface area (Å²) in [4.78, 5) is 181. The second kappa shape index (κ2) is 52.5. The van der Waals surface area contributed by atoms with Crippen LogP contribution in [0.1, 0.15) is 143 Å². The Kier molecular flexibility index (Phi) is 44.2. The molecule has 0 saturated heterocycles. The molecular formula is C79H129N25O14. The number of hydrogen-bond acceptors (Lipinski definition) is 23. The van der Waals surface area contributed by atoms with Crippen LogP contribution in [0.15, 0.2) is 70.6 Å². The number of carboxylic acid groups (broad SMARTS) is 2. The monoisotopic (exact) mass is 1650 g/mol. The number of carbonyl (C=O) groups excluding carboxylic acids is 10. The molecule has 10 amide bonds. The van der Waals surface area contributed by atoms with E-state index in [1.807, 2.05) is 55.4 Å². The molecular weight excluding hydrogens is 1520 g/mol. The van der Waals surface area contributed by atoms with Crippen molar-refractivity contribution >= 4 is 133 Å². The Morgan fingerprint density at radius 1 is 0.398 bits per heavy atom. The van der Waals surface area contributed by atoms with Gasteiger partial charge in [-0.1, -0.05) is 27.7 Å².